The molecule has 2 amide bonds. The van der Waals surface area contributed by atoms with E-state index in [-0.39, 0.29) is 11.8 Å². The first-order chi connectivity index (χ1) is 10.5. The van der Waals surface area contributed by atoms with E-state index in [1.54, 1.807) is 17.9 Å². The molecule has 0 spiro atoms. The molecule has 1 heterocycles. The van der Waals surface area contributed by atoms with Crippen molar-refractivity contribution in [2.75, 3.05) is 36.4 Å². The summed E-state index contributed by atoms with van der Waals surface area (Å²) in [7, 11) is 0. The maximum atomic E-state index is 13.5. The van der Waals surface area contributed by atoms with Crippen LogP contribution in [0.15, 0.2) is 30.9 Å². The van der Waals surface area contributed by atoms with E-state index in [1.165, 1.54) is 12.1 Å². The molecular weight excluding hydrogens is 285 g/mol. The van der Waals surface area contributed by atoms with Crippen LogP contribution in [0.25, 0.3) is 0 Å². The summed E-state index contributed by atoms with van der Waals surface area (Å²) >= 11 is 0. The molecule has 0 radical (unpaired) electrons. The third-order valence-corrected chi connectivity index (χ3v) is 3.68. The van der Waals surface area contributed by atoms with Crippen LogP contribution >= 0.6 is 0 Å². The Hall–Kier alpha value is -2.37. The molecule has 1 aromatic carbocycles. The Kier molecular flexibility index (Phi) is 5.14. The number of rotatable bonds is 3. The first kappa shape index (κ1) is 16.0. The first-order valence-electron chi connectivity index (χ1n) is 7.24. The maximum absolute atomic E-state index is 13.5. The van der Waals surface area contributed by atoms with Gasteiger partial charge in [-0.25, -0.2) is 4.39 Å². The van der Waals surface area contributed by atoms with Gasteiger partial charge in [-0.3, -0.25) is 9.59 Å². The number of anilines is 2. The zero-order valence-electron chi connectivity index (χ0n) is 12.6. The topological polar surface area (TPSA) is 52.7 Å². The number of nitrogens with zero attached hydrogens (tertiary/aromatic N) is 2. The van der Waals surface area contributed by atoms with Gasteiger partial charge in [-0.15, -0.1) is 0 Å². The fourth-order valence-corrected chi connectivity index (χ4v) is 2.54. The molecule has 118 valence electrons. The largest absolute Gasteiger partial charge is 0.368 e. The number of amides is 2. The van der Waals surface area contributed by atoms with E-state index in [9.17, 15) is 14.0 Å². The van der Waals surface area contributed by atoms with Crippen LogP contribution in [0, 0.1) is 5.82 Å². The van der Waals surface area contributed by atoms with Crippen LogP contribution in [0.4, 0.5) is 15.8 Å². The van der Waals surface area contributed by atoms with E-state index in [0.717, 1.165) is 24.7 Å². The fraction of sp³-hybridized carbons (Fsp3) is 0.375. The highest BCUT2D eigenvalue weighted by atomic mass is 19.1. The van der Waals surface area contributed by atoms with Crippen LogP contribution in [0.3, 0.4) is 0 Å². The minimum atomic E-state index is -0.414. The summed E-state index contributed by atoms with van der Waals surface area (Å²) in [5.74, 6) is -0.739. The lowest BCUT2D eigenvalue weighted by atomic mass is 10.2. The van der Waals surface area contributed by atoms with E-state index in [4.69, 9.17) is 0 Å². The third-order valence-electron chi connectivity index (χ3n) is 3.68. The second-order valence-electron chi connectivity index (χ2n) is 5.20. The summed E-state index contributed by atoms with van der Waals surface area (Å²) in [4.78, 5) is 26.8. The van der Waals surface area contributed by atoms with E-state index in [1.807, 2.05) is 0 Å². The molecule has 0 bridgehead atoms. The van der Waals surface area contributed by atoms with Crippen LogP contribution in [-0.4, -0.2) is 42.9 Å². The van der Waals surface area contributed by atoms with Crippen molar-refractivity contribution in [3.05, 3.63) is 36.7 Å². The Morgan fingerprint density at radius 2 is 2.05 bits per heavy atom. The molecule has 1 saturated heterocycles. The van der Waals surface area contributed by atoms with Crippen LogP contribution in [0.1, 0.15) is 13.3 Å². The van der Waals surface area contributed by atoms with Gasteiger partial charge >= 0.3 is 0 Å². The second-order valence-corrected chi connectivity index (χ2v) is 5.20. The molecule has 22 heavy (non-hydrogen) atoms. The summed E-state index contributed by atoms with van der Waals surface area (Å²) in [5.41, 5.74) is 1.17. The van der Waals surface area contributed by atoms with Gasteiger partial charge in [-0.2, -0.15) is 0 Å². The molecule has 1 N–H and O–H groups in total. The third kappa shape index (κ3) is 3.84. The number of hydrogen-bond donors (Lipinski definition) is 1. The van der Waals surface area contributed by atoms with E-state index in [2.05, 4.69) is 16.8 Å². The molecule has 1 fully saturated rings. The van der Waals surface area contributed by atoms with Gasteiger partial charge in [0.1, 0.15) is 5.82 Å². The van der Waals surface area contributed by atoms with E-state index >= 15 is 0 Å². The van der Waals surface area contributed by atoms with Gasteiger partial charge < -0.3 is 15.1 Å². The Balaban J connectivity index is 2.22. The molecule has 6 heteroatoms. The Bertz CT molecular complexity index is 589. The van der Waals surface area contributed by atoms with Crippen molar-refractivity contribution >= 4 is 23.2 Å². The number of halogens is 1. The Morgan fingerprint density at radius 3 is 2.73 bits per heavy atom. The fourth-order valence-electron chi connectivity index (χ4n) is 2.54. The van der Waals surface area contributed by atoms with Crippen molar-refractivity contribution in [3.63, 3.8) is 0 Å². The van der Waals surface area contributed by atoms with Crippen molar-refractivity contribution < 1.29 is 14.0 Å². The lowest BCUT2D eigenvalue weighted by Gasteiger charge is -2.25. The Labute approximate surface area is 129 Å². The zero-order chi connectivity index (χ0) is 16.1. The molecule has 0 saturated carbocycles. The molecular formula is C16H20FN3O2. The second kappa shape index (κ2) is 7.06. The van der Waals surface area contributed by atoms with Gasteiger partial charge in [0, 0.05) is 33.1 Å². The highest BCUT2D eigenvalue weighted by molar-refractivity contribution is 6.01. The molecule has 0 aromatic heterocycles. The van der Waals surface area contributed by atoms with Crippen LogP contribution < -0.4 is 10.2 Å². The molecule has 0 atom stereocenters. The van der Waals surface area contributed by atoms with Gasteiger partial charge in [0.05, 0.1) is 11.4 Å². The summed E-state index contributed by atoms with van der Waals surface area (Å²) in [5, 5.41) is 2.63. The standard InChI is InChI=1S/C16H20FN3O2/c1-3-16(22)18-14-11-13(17)5-6-15(14)20-8-4-7-19(9-10-20)12(2)21/h3,5-6,11H,1,4,7-10H2,2H3,(H,18,22). The quantitative estimate of drug-likeness (QED) is 0.869. The molecule has 0 aliphatic carbocycles. The summed E-state index contributed by atoms with van der Waals surface area (Å²) in [6.07, 6.45) is 1.97. The molecule has 2 rings (SSSR count). The lowest BCUT2D eigenvalue weighted by molar-refractivity contribution is -0.128. The highest BCUT2D eigenvalue weighted by Gasteiger charge is 2.19. The maximum Gasteiger partial charge on any atom is 0.247 e. The Morgan fingerprint density at radius 1 is 1.27 bits per heavy atom. The molecule has 1 aromatic rings. The predicted molar refractivity (Wildman–Crippen MR) is 84.3 cm³/mol. The number of benzene rings is 1. The predicted octanol–water partition coefficient (Wildman–Crippen LogP) is 2.01. The molecule has 1 aliphatic heterocycles. The first-order valence-corrected chi connectivity index (χ1v) is 7.24. The van der Waals surface area contributed by atoms with Crippen molar-refractivity contribution in [1.29, 1.82) is 0 Å². The zero-order valence-corrected chi connectivity index (χ0v) is 12.6. The van der Waals surface area contributed by atoms with Gasteiger partial charge in [0.2, 0.25) is 11.8 Å². The normalized spacial score (nSPS) is 15.2. The van der Waals surface area contributed by atoms with Crippen LogP contribution in [0.5, 0.6) is 0 Å². The van der Waals surface area contributed by atoms with Crippen molar-refractivity contribution in [1.82, 2.24) is 4.90 Å². The molecule has 1 aliphatic rings. The SMILES string of the molecule is C=CC(=O)Nc1cc(F)ccc1N1CCCN(C(C)=O)CC1. The van der Waals surface area contributed by atoms with Crippen LogP contribution in [-0.2, 0) is 9.59 Å². The number of carbonyl (C=O) groups excluding carboxylic acids is 2. The number of carbonyl (C=O) groups is 2. The van der Waals surface area contributed by atoms with Gasteiger partial charge in [-0.1, -0.05) is 6.58 Å². The van der Waals surface area contributed by atoms with E-state index in [0.29, 0.717) is 25.3 Å². The number of hydrogen-bond acceptors (Lipinski definition) is 3. The summed E-state index contributed by atoms with van der Waals surface area (Å²) < 4.78 is 13.5. The number of nitrogens with one attached hydrogen (secondary N) is 1. The van der Waals surface area contributed by atoms with Gasteiger partial charge in [-0.05, 0) is 30.7 Å². The van der Waals surface area contributed by atoms with E-state index < -0.39 is 5.82 Å². The smallest absolute Gasteiger partial charge is 0.247 e. The van der Waals surface area contributed by atoms with Crippen LogP contribution in [0.2, 0.25) is 0 Å². The van der Waals surface area contributed by atoms with Crippen molar-refractivity contribution in [2.24, 2.45) is 0 Å². The average molecular weight is 305 g/mol. The minimum Gasteiger partial charge on any atom is -0.368 e. The van der Waals surface area contributed by atoms with Crippen molar-refractivity contribution in [3.8, 4) is 0 Å². The molecule has 0 unspecified atom stereocenters. The summed E-state index contributed by atoms with van der Waals surface area (Å²) in [6.45, 7) is 7.67. The molecule has 5 nitrogen and oxygen atoms in total. The lowest BCUT2D eigenvalue weighted by Crippen LogP contribution is -2.33. The van der Waals surface area contributed by atoms with Crippen molar-refractivity contribution in [2.45, 2.75) is 13.3 Å². The summed E-state index contributed by atoms with van der Waals surface area (Å²) in [6, 6.07) is 4.31. The minimum absolute atomic E-state index is 0.0566. The highest BCUT2D eigenvalue weighted by Crippen LogP contribution is 2.28. The monoisotopic (exact) mass is 305 g/mol. The van der Waals surface area contributed by atoms with Gasteiger partial charge in [0.25, 0.3) is 0 Å². The average Bonchev–Trinajstić information content (AvgIpc) is 2.73. The van der Waals surface area contributed by atoms with Gasteiger partial charge in [0.15, 0.2) is 0 Å².